The van der Waals surface area contributed by atoms with Gasteiger partial charge < -0.3 is 9.73 Å². The van der Waals surface area contributed by atoms with E-state index in [4.69, 9.17) is 4.42 Å². The zero-order valence-corrected chi connectivity index (χ0v) is 10.4. The van der Waals surface area contributed by atoms with Crippen LogP contribution in [0.2, 0.25) is 0 Å². The predicted octanol–water partition coefficient (Wildman–Crippen LogP) is 2.80. The number of benzene rings is 1. The molecule has 1 N–H and O–H groups in total. The number of nitrogens with one attached hydrogen (secondary N) is 1. The molecule has 0 bridgehead atoms. The van der Waals surface area contributed by atoms with E-state index in [1.807, 2.05) is 25.4 Å². The van der Waals surface area contributed by atoms with E-state index in [0.717, 1.165) is 30.7 Å². The van der Waals surface area contributed by atoms with Crippen molar-refractivity contribution in [2.24, 2.45) is 0 Å². The molecule has 0 saturated carbocycles. The van der Waals surface area contributed by atoms with Gasteiger partial charge in [0.1, 0.15) is 5.76 Å². The maximum absolute atomic E-state index is 5.73. The fourth-order valence-corrected chi connectivity index (χ4v) is 1.77. The number of aromatic nitrogens is 1. The molecule has 90 valence electrons. The van der Waals surface area contributed by atoms with Gasteiger partial charge in [-0.05, 0) is 39.1 Å². The zero-order valence-electron chi connectivity index (χ0n) is 10.4. The highest BCUT2D eigenvalue weighted by Crippen LogP contribution is 2.20. The molecule has 1 heterocycles. The molecule has 3 heteroatoms. The van der Waals surface area contributed by atoms with Gasteiger partial charge in [-0.2, -0.15) is 0 Å². The van der Waals surface area contributed by atoms with Gasteiger partial charge in [0.2, 0.25) is 5.89 Å². The van der Waals surface area contributed by atoms with Gasteiger partial charge in [0.25, 0.3) is 0 Å². The zero-order chi connectivity index (χ0) is 12.1. The maximum atomic E-state index is 5.73. The normalized spacial score (nSPS) is 10.7. The third-order valence-corrected chi connectivity index (χ3v) is 2.67. The first-order valence-electron chi connectivity index (χ1n) is 5.96. The van der Waals surface area contributed by atoms with Crippen LogP contribution in [0, 0.1) is 6.92 Å². The molecule has 0 saturated heterocycles. The van der Waals surface area contributed by atoms with Crippen LogP contribution in [-0.4, -0.2) is 18.6 Å². The Kier molecular flexibility index (Phi) is 3.94. The van der Waals surface area contributed by atoms with Crippen LogP contribution >= 0.6 is 0 Å². The summed E-state index contributed by atoms with van der Waals surface area (Å²) in [4.78, 5) is 4.32. The summed E-state index contributed by atoms with van der Waals surface area (Å²) in [6, 6.07) is 8.20. The minimum Gasteiger partial charge on any atom is -0.441 e. The molecule has 0 aliphatic carbocycles. The molecule has 1 aromatic heterocycles. The molecule has 2 rings (SSSR count). The Labute approximate surface area is 102 Å². The standard InChI is InChI=1S/C14H18N2O/c1-11-5-3-6-12(9-11)14-16-10-13(17-14)7-4-8-15-2/h3,5-6,9-10,15H,4,7-8H2,1-2H3. The van der Waals surface area contributed by atoms with Crippen LogP contribution in [0.15, 0.2) is 34.9 Å². The molecule has 0 atom stereocenters. The number of oxazole rings is 1. The van der Waals surface area contributed by atoms with Crippen LogP contribution in [0.25, 0.3) is 11.5 Å². The lowest BCUT2D eigenvalue weighted by Crippen LogP contribution is -2.08. The summed E-state index contributed by atoms with van der Waals surface area (Å²) in [5, 5.41) is 3.12. The molecule has 0 amide bonds. The highest BCUT2D eigenvalue weighted by molar-refractivity contribution is 5.54. The first-order valence-corrected chi connectivity index (χ1v) is 5.96. The summed E-state index contributed by atoms with van der Waals surface area (Å²) in [6.07, 6.45) is 3.83. The Morgan fingerprint density at radius 3 is 3.00 bits per heavy atom. The monoisotopic (exact) mass is 230 g/mol. The number of hydrogen-bond acceptors (Lipinski definition) is 3. The second-order valence-electron chi connectivity index (χ2n) is 4.21. The smallest absolute Gasteiger partial charge is 0.226 e. The van der Waals surface area contributed by atoms with Crippen molar-refractivity contribution < 1.29 is 4.42 Å². The summed E-state index contributed by atoms with van der Waals surface area (Å²) < 4.78 is 5.73. The molecule has 3 nitrogen and oxygen atoms in total. The number of aryl methyl sites for hydroxylation is 2. The second-order valence-corrected chi connectivity index (χ2v) is 4.21. The Morgan fingerprint density at radius 1 is 1.35 bits per heavy atom. The topological polar surface area (TPSA) is 38.1 Å². The highest BCUT2D eigenvalue weighted by Gasteiger charge is 2.06. The van der Waals surface area contributed by atoms with Gasteiger partial charge in [-0.15, -0.1) is 0 Å². The van der Waals surface area contributed by atoms with E-state index in [9.17, 15) is 0 Å². The van der Waals surface area contributed by atoms with Gasteiger partial charge in [-0.1, -0.05) is 17.7 Å². The van der Waals surface area contributed by atoms with Crippen LogP contribution in [0.3, 0.4) is 0 Å². The SMILES string of the molecule is CNCCCc1cnc(-c2cccc(C)c2)o1. The largest absolute Gasteiger partial charge is 0.441 e. The van der Waals surface area contributed by atoms with Crippen molar-refractivity contribution in [1.29, 1.82) is 0 Å². The summed E-state index contributed by atoms with van der Waals surface area (Å²) in [6.45, 7) is 3.07. The molecule has 2 aromatic rings. The Hall–Kier alpha value is -1.61. The summed E-state index contributed by atoms with van der Waals surface area (Å²) >= 11 is 0. The predicted molar refractivity (Wildman–Crippen MR) is 68.9 cm³/mol. The first kappa shape index (κ1) is 11.9. The molecule has 17 heavy (non-hydrogen) atoms. The van der Waals surface area contributed by atoms with Crippen molar-refractivity contribution in [3.63, 3.8) is 0 Å². The van der Waals surface area contributed by atoms with E-state index in [1.165, 1.54) is 5.56 Å². The van der Waals surface area contributed by atoms with Crippen LogP contribution < -0.4 is 5.32 Å². The molecule has 0 radical (unpaired) electrons. The Balaban J connectivity index is 2.07. The van der Waals surface area contributed by atoms with Crippen molar-refractivity contribution in [1.82, 2.24) is 10.3 Å². The summed E-state index contributed by atoms with van der Waals surface area (Å²) in [7, 11) is 1.96. The van der Waals surface area contributed by atoms with E-state index in [1.54, 1.807) is 0 Å². The van der Waals surface area contributed by atoms with Gasteiger partial charge >= 0.3 is 0 Å². The molecule has 0 unspecified atom stereocenters. The van der Waals surface area contributed by atoms with Crippen molar-refractivity contribution in [2.45, 2.75) is 19.8 Å². The molecule has 1 aromatic carbocycles. The van der Waals surface area contributed by atoms with Crippen LogP contribution in [-0.2, 0) is 6.42 Å². The molecular weight excluding hydrogens is 212 g/mol. The number of nitrogens with zero attached hydrogens (tertiary/aromatic N) is 1. The Morgan fingerprint density at radius 2 is 2.24 bits per heavy atom. The summed E-state index contributed by atoms with van der Waals surface area (Å²) in [5.74, 6) is 1.67. The van der Waals surface area contributed by atoms with E-state index in [2.05, 4.69) is 29.4 Å². The van der Waals surface area contributed by atoms with Crippen LogP contribution in [0.1, 0.15) is 17.7 Å². The maximum Gasteiger partial charge on any atom is 0.226 e. The van der Waals surface area contributed by atoms with Crippen LogP contribution in [0.4, 0.5) is 0 Å². The molecule has 0 aliphatic rings. The molecule has 0 fully saturated rings. The average molecular weight is 230 g/mol. The van der Waals surface area contributed by atoms with Gasteiger partial charge in [-0.25, -0.2) is 4.98 Å². The van der Waals surface area contributed by atoms with Gasteiger partial charge in [0, 0.05) is 12.0 Å². The number of hydrogen-bond donors (Lipinski definition) is 1. The minimum atomic E-state index is 0.716. The fourth-order valence-electron chi connectivity index (χ4n) is 1.77. The number of rotatable bonds is 5. The van der Waals surface area contributed by atoms with E-state index in [-0.39, 0.29) is 0 Å². The van der Waals surface area contributed by atoms with Gasteiger partial charge in [0.15, 0.2) is 0 Å². The second kappa shape index (κ2) is 5.64. The lowest BCUT2D eigenvalue weighted by Gasteiger charge is -1.98. The first-order chi connectivity index (χ1) is 8.29. The molecule has 0 aliphatic heterocycles. The quantitative estimate of drug-likeness (QED) is 0.803. The van der Waals surface area contributed by atoms with E-state index >= 15 is 0 Å². The van der Waals surface area contributed by atoms with Crippen molar-refractivity contribution in [3.8, 4) is 11.5 Å². The lowest BCUT2D eigenvalue weighted by molar-refractivity contribution is 0.507. The Bertz CT molecular complexity index is 477. The lowest BCUT2D eigenvalue weighted by atomic mass is 10.1. The van der Waals surface area contributed by atoms with Gasteiger partial charge in [-0.3, -0.25) is 0 Å². The van der Waals surface area contributed by atoms with E-state index < -0.39 is 0 Å². The fraction of sp³-hybridized carbons (Fsp3) is 0.357. The van der Waals surface area contributed by atoms with Crippen molar-refractivity contribution in [2.75, 3.05) is 13.6 Å². The van der Waals surface area contributed by atoms with Gasteiger partial charge in [0.05, 0.1) is 6.20 Å². The minimum absolute atomic E-state index is 0.716. The third kappa shape index (κ3) is 3.17. The molecular formula is C14H18N2O. The summed E-state index contributed by atoms with van der Waals surface area (Å²) in [5.41, 5.74) is 2.27. The molecule has 0 spiro atoms. The third-order valence-electron chi connectivity index (χ3n) is 2.67. The average Bonchev–Trinajstić information content (AvgIpc) is 2.78. The van der Waals surface area contributed by atoms with E-state index in [0.29, 0.717) is 5.89 Å². The van der Waals surface area contributed by atoms with Crippen molar-refractivity contribution >= 4 is 0 Å². The van der Waals surface area contributed by atoms with Crippen molar-refractivity contribution in [3.05, 3.63) is 41.8 Å². The highest BCUT2D eigenvalue weighted by atomic mass is 16.4. The van der Waals surface area contributed by atoms with Crippen LogP contribution in [0.5, 0.6) is 0 Å².